The Bertz CT molecular complexity index is 509. The van der Waals surface area contributed by atoms with Crippen molar-refractivity contribution in [3.05, 3.63) is 35.4 Å². The minimum Gasteiger partial charge on any atom is -0.399 e. The van der Waals surface area contributed by atoms with Crippen LogP contribution in [0.4, 0.5) is 26.3 Å². The Balaban J connectivity index is 3.24. The van der Waals surface area contributed by atoms with Crippen LogP contribution in [0.3, 0.4) is 0 Å². The molecule has 0 aromatic heterocycles. The van der Waals surface area contributed by atoms with E-state index in [4.69, 9.17) is 0 Å². The van der Waals surface area contributed by atoms with E-state index in [9.17, 15) is 26.3 Å². The summed E-state index contributed by atoms with van der Waals surface area (Å²) in [7, 11) is 1.85. The molecular weight excluding hydrogens is 318 g/mol. The average molecular weight is 328 g/mol. The van der Waals surface area contributed by atoms with Gasteiger partial charge in [0.05, 0.1) is 0 Å². The zero-order valence-corrected chi connectivity index (χ0v) is 11.3. The number of hydrogen-bond donors (Lipinski definition) is 0. The third kappa shape index (κ3) is 4.37. The molecule has 0 aliphatic carbocycles. The number of rotatable bonds is 4. The summed E-state index contributed by atoms with van der Waals surface area (Å²) in [6.07, 6.45) is -9.63. The Morgan fingerprint density at radius 1 is 0.727 bits per heavy atom. The number of oxime groups is 2. The van der Waals surface area contributed by atoms with Crippen LogP contribution in [0.1, 0.15) is 11.1 Å². The summed E-state index contributed by atoms with van der Waals surface area (Å²) in [6.45, 7) is 0. The highest BCUT2D eigenvalue weighted by atomic mass is 19.4. The van der Waals surface area contributed by atoms with Gasteiger partial charge in [-0.15, -0.1) is 0 Å². The van der Waals surface area contributed by atoms with Gasteiger partial charge in [0.1, 0.15) is 14.2 Å². The molecule has 1 aromatic carbocycles. The van der Waals surface area contributed by atoms with Crippen LogP contribution in [0.15, 0.2) is 34.6 Å². The van der Waals surface area contributed by atoms with Crippen LogP contribution < -0.4 is 0 Å². The first-order chi connectivity index (χ1) is 10.1. The van der Waals surface area contributed by atoms with Crippen LogP contribution in [0, 0.1) is 0 Å². The van der Waals surface area contributed by atoms with Gasteiger partial charge in [-0.05, 0) is 0 Å². The van der Waals surface area contributed by atoms with Gasteiger partial charge in [-0.1, -0.05) is 34.6 Å². The van der Waals surface area contributed by atoms with Gasteiger partial charge in [-0.3, -0.25) is 0 Å². The SMILES string of the molecule is CON=C(c1ccc(C(=NOC)C(F)(F)F)cc1)C(F)(F)F. The number of alkyl halides is 6. The van der Waals surface area contributed by atoms with Gasteiger partial charge < -0.3 is 9.68 Å². The van der Waals surface area contributed by atoms with E-state index in [-0.39, 0.29) is 0 Å². The fourth-order valence-corrected chi connectivity index (χ4v) is 1.50. The molecule has 1 rings (SSSR count). The number of halogens is 6. The van der Waals surface area contributed by atoms with Crippen molar-refractivity contribution in [2.45, 2.75) is 12.4 Å². The maximum Gasteiger partial charge on any atom is 0.437 e. The third-order valence-corrected chi connectivity index (χ3v) is 2.33. The predicted molar refractivity (Wildman–Crippen MR) is 65.6 cm³/mol. The Morgan fingerprint density at radius 3 is 1.18 bits per heavy atom. The minimum atomic E-state index is -4.81. The van der Waals surface area contributed by atoms with Gasteiger partial charge >= 0.3 is 12.4 Å². The quantitative estimate of drug-likeness (QED) is 0.482. The summed E-state index contributed by atoms with van der Waals surface area (Å²) in [6, 6.07) is 3.32. The maximum absolute atomic E-state index is 12.7. The van der Waals surface area contributed by atoms with E-state index < -0.39 is 34.9 Å². The molecule has 0 spiro atoms. The van der Waals surface area contributed by atoms with Crippen LogP contribution in [0.5, 0.6) is 0 Å². The summed E-state index contributed by atoms with van der Waals surface area (Å²) in [4.78, 5) is 8.20. The fourth-order valence-electron chi connectivity index (χ4n) is 1.50. The van der Waals surface area contributed by atoms with Crippen molar-refractivity contribution >= 4 is 11.4 Å². The van der Waals surface area contributed by atoms with Crippen LogP contribution >= 0.6 is 0 Å². The van der Waals surface area contributed by atoms with Gasteiger partial charge in [0.25, 0.3) is 0 Å². The molecule has 122 valence electrons. The highest BCUT2D eigenvalue weighted by Crippen LogP contribution is 2.26. The summed E-state index contributed by atoms with van der Waals surface area (Å²) >= 11 is 0. The average Bonchev–Trinajstić information content (AvgIpc) is 2.40. The highest BCUT2D eigenvalue weighted by Gasteiger charge is 2.39. The second-order valence-electron chi connectivity index (χ2n) is 3.82. The first kappa shape index (κ1) is 17.8. The summed E-state index contributed by atoms with van der Waals surface area (Å²) < 4.78 is 76.4. The zero-order valence-electron chi connectivity index (χ0n) is 11.3. The second-order valence-corrected chi connectivity index (χ2v) is 3.82. The molecule has 22 heavy (non-hydrogen) atoms. The predicted octanol–water partition coefficient (Wildman–Crippen LogP) is 3.51. The summed E-state index contributed by atoms with van der Waals surface area (Å²) in [5, 5.41) is 5.68. The van der Waals surface area contributed by atoms with E-state index in [0.717, 1.165) is 38.5 Å². The molecule has 0 aliphatic heterocycles. The van der Waals surface area contributed by atoms with E-state index in [0.29, 0.717) is 0 Å². The van der Waals surface area contributed by atoms with Crippen molar-refractivity contribution in [2.24, 2.45) is 10.3 Å². The van der Waals surface area contributed by atoms with E-state index >= 15 is 0 Å². The minimum absolute atomic E-state index is 0.447. The molecule has 1 aromatic rings. The molecule has 0 aliphatic rings. The molecule has 0 radical (unpaired) electrons. The Morgan fingerprint density at radius 2 is 1.00 bits per heavy atom. The summed E-state index contributed by atoms with van der Waals surface area (Å²) in [5.41, 5.74) is -3.62. The molecular formula is C12H10F6N2O2. The standard InChI is InChI=1S/C12H10F6N2O2/c1-21-19-9(11(13,14)15)7-3-5-8(6-4-7)10(20-22-2)12(16,17)18/h3-6H,1-2H3. The molecule has 0 bridgehead atoms. The van der Waals surface area contributed by atoms with Gasteiger partial charge in [0, 0.05) is 11.1 Å². The van der Waals surface area contributed by atoms with Gasteiger partial charge in [-0.2, -0.15) is 26.3 Å². The largest absolute Gasteiger partial charge is 0.437 e. The zero-order chi connectivity index (χ0) is 17.0. The van der Waals surface area contributed by atoms with Crippen LogP contribution in [0.2, 0.25) is 0 Å². The molecule has 0 heterocycles. The first-order valence-corrected chi connectivity index (χ1v) is 5.58. The molecule has 0 N–H and O–H groups in total. The third-order valence-electron chi connectivity index (χ3n) is 2.33. The van der Waals surface area contributed by atoms with Crippen molar-refractivity contribution in [2.75, 3.05) is 14.2 Å². The summed E-state index contributed by atoms with van der Waals surface area (Å²) in [5.74, 6) is 0. The lowest BCUT2D eigenvalue weighted by Gasteiger charge is -2.12. The van der Waals surface area contributed by atoms with Gasteiger partial charge in [0.15, 0.2) is 11.4 Å². The molecule has 0 atom stereocenters. The molecule has 0 saturated carbocycles. The molecule has 0 saturated heterocycles. The van der Waals surface area contributed by atoms with Crippen molar-refractivity contribution in [3.8, 4) is 0 Å². The Kier molecular flexibility index (Phi) is 5.39. The van der Waals surface area contributed by atoms with Crippen molar-refractivity contribution in [1.29, 1.82) is 0 Å². The first-order valence-electron chi connectivity index (χ1n) is 5.58. The second kappa shape index (κ2) is 6.67. The number of hydrogen-bond acceptors (Lipinski definition) is 4. The molecule has 0 amide bonds. The Hall–Kier alpha value is -2.26. The molecule has 0 unspecified atom stereocenters. The van der Waals surface area contributed by atoms with Crippen LogP contribution in [-0.4, -0.2) is 38.0 Å². The molecule has 4 nitrogen and oxygen atoms in total. The lowest BCUT2D eigenvalue weighted by molar-refractivity contribution is -0.0618. The normalized spacial score (nSPS) is 14.0. The topological polar surface area (TPSA) is 43.2 Å². The Labute approximate surface area is 121 Å². The van der Waals surface area contributed by atoms with Gasteiger partial charge in [-0.25, -0.2) is 0 Å². The van der Waals surface area contributed by atoms with E-state index in [1.54, 1.807) is 0 Å². The lowest BCUT2D eigenvalue weighted by atomic mass is 10.0. The van der Waals surface area contributed by atoms with Crippen molar-refractivity contribution in [3.63, 3.8) is 0 Å². The molecule has 10 heteroatoms. The van der Waals surface area contributed by atoms with E-state index in [1.807, 2.05) is 0 Å². The fraction of sp³-hybridized carbons (Fsp3) is 0.333. The highest BCUT2D eigenvalue weighted by molar-refractivity contribution is 6.07. The number of benzene rings is 1. The van der Waals surface area contributed by atoms with Crippen LogP contribution in [-0.2, 0) is 9.68 Å². The molecule has 0 fully saturated rings. The van der Waals surface area contributed by atoms with E-state index in [1.165, 1.54) is 0 Å². The van der Waals surface area contributed by atoms with Gasteiger partial charge in [0.2, 0.25) is 0 Å². The van der Waals surface area contributed by atoms with Crippen molar-refractivity contribution < 1.29 is 36.0 Å². The number of nitrogens with zero attached hydrogens (tertiary/aromatic N) is 2. The smallest absolute Gasteiger partial charge is 0.399 e. The van der Waals surface area contributed by atoms with Crippen molar-refractivity contribution in [1.82, 2.24) is 0 Å². The van der Waals surface area contributed by atoms with Crippen LogP contribution in [0.25, 0.3) is 0 Å². The maximum atomic E-state index is 12.7. The lowest BCUT2D eigenvalue weighted by Crippen LogP contribution is -2.26. The van der Waals surface area contributed by atoms with E-state index in [2.05, 4.69) is 20.0 Å². The monoisotopic (exact) mass is 328 g/mol.